The standard InChI is InChI=1S/C12H15FN2O/c1-2-7-5-11(7)15-12(16)9-6-8(13)3-4-10(9)14/h3-4,6-7,11H,2,5,14H2,1H3,(H,15,16). The van der Waals surface area contributed by atoms with Crippen molar-refractivity contribution in [2.24, 2.45) is 5.92 Å². The van der Waals surface area contributed by atoms with Crippen LogP contribution >= 0.6 is 0 Å². The molecule has 0 bridgehead atoms. The summed E-state index contributed by atoms with van der Waals surface area (Å²) in [6.45, 7) is 2.09. The van der Waals surface area contributed by atoms with Gasteiger partial charge in [-0.15, -0.1) is 0 Å². The number of nitrogens with two attached hydrogens (primary N) is 1. The number of hydrogen-bond donors (Lipinski definition) is 2. The quantitative estimate of drug-likeness (QED) is 0.768. The van der Waals surface area contributed by atoms with Gasteiger partial charge in [0.25, 0.3) is 5.91 Å². The van der Waals surface area contributed by atoms with Gasteiger partial charge in [-0.2, -0.15) is 0 Å². The summed E-state index contributed by atoms with van der Waals surface area (Å²) < 4.78 is 13.0. The number of rotatable bonds is 3. The average molecular weight is 222 g/mol. The van der Waals surface area contributed by atoms with E-state index in [9.17, 15) is 9.18 Å². The van der Waals surface area contributed by atoms with Crippen LogP contribution in [0.5, 0.6) is 0 Å². The number of halogens is 1. The molecule has 1 fully saturated rings. The summed E-state index contributed by atoms with van der Waals surface area (Å²) in [5.41, 5.74) is 6.16. The van der Waals surface area contributed by atoms with E-state index in [1.165, 1.54) is 18.2 Å². The molecule has 1 aliphatic carbocycles. The molecule has 0 saturated heterocycles. The van der Waals surface area contributed by atoms with Gasteiger partial charge in [0.2, 0.25) is 0 Å². The van der Waals surface area contributed by atoms with Gasteiger partial charge >= 0.3 is 0 Å². The molecule has 0 spiro atoms. The van der Waals surface area contributed by atoms with Gasteiger partial charge in [0, 0.05) is 11.7 Å². The van der Waals surface area contributed by atoms with Gasteiger partial charge in [-0.25, -0.2) is 4.39 Å². The second-order valence-electron chi connectivity index (χ2n) is 4.22. The van der Waals surface area contributed by atoms with Crippen molar-refractivity contribution in [2.75, 3.05) is 5.73 Å². The third kappa shape index (κ3) is 2.15. The molecule has 2 unspecified atom stereocenters. The van der Waals surface area contributed by atoms with Crippen LogP contribution in [0.2, 0.25) is 0 Å². The zero-order valence-electron chi connectivity index (χ0n) is 9.16. The Morgan fingerprint density at radius 1 is 1.62 bits per heavy atom. The molecule has 16 heavy (non-hydrogen) atoms. The maximum absolute atomic E-state index is 13.0. The molecule has 0 radical (unpaired) electrons. The Hall–Kier alpha value is -1.58. The summed E-state index contributed by atoms with van der Waals surface area (Å²) in [6.07, 6.45) is 2.07. The molecule has 0 aliphatic heterocycles. The molecular formula is C12H15FN2O. The summed E-state index contributed by atoms with van der Waals surface area (Å²) >= 11 is 0. The number of anilines is 1. The van der Waals surface area contributed by atoms with Gasteiger partial charge in [0.1, 0.15) is 5.82 Å². The van der Waals surface area contributed by atoms with Crippen LogP contribution in [0.25, 0.3) is 0 Å². The third-order valence-electron chi connectivity index (χ3n) is 3.02. The van der Waals surface area contributed by atoms with Crippen molar-refractivity contribution >= 4 is 11.6 Å². The van der Waals surface area contributed by atoms with Crippen LogP contribution in [0.4, 0.5) is 10.1 Å². The van der Waals surface area contributed by atoms with Crippen molar-refractivity contribution in [1.29, 1.82) is 0 Å². The average Bonchev–Trinajstić information content (AvgIpc) is 3.00. The molecule has 1 aliphatic rings. The lowest BCUT2D eigenvalue weighted by Crippen LogP contribution is -2.27. The molecular weight excluding hydrogens is 207 g/mol. The molecule has 86 valence electrons. The number of nitrogens with one attached hydrogen (secondary N) is 1. The molecule has 3 nitrogen and oxygen atoms in total. The highest BCUT2D eigenvalue weighted by molar-refractivity contribution is 5.99. The van der Waals surface area contributed by atoms with E-state index in [1.807, 2.05) is 0 Å². The van der Waals surface area contributed by atoms with E-state index < -0.39 is 5.82 Å². The Balaban J connectivity index is 2.06. The first kappa shape index (κ1) is 10.9. The summed E-state index contributed by atoms with van der Waals surface area (Å²) in [6, 6.07) is 4.07. The second kappa shape index (κ2) is 4.12. The Morgan fingerprint density at radius 3 is 3.00 bits per heavy atom. The minimum Gasteiger partial charge on any atom is -0.398 e. The number of amides is 1. The van der Waals surface area contributed by atoms with Crippen molar-refractivity contribution in [1.82, 2.24) is 5.32 Å². The molecule has 4 heteroatoms. The van der Waals surface area contributed by atoms with E-state index in [0.717, 1.165) is 12.8 Å². The lowest BCUT2D eigenvalue weighted by molar-refractivity contribution is 0.0949. The molecule has 1 amide bonds. The third-order valence-corrected chi connectivity index (χ3v) is 3.02. The first-order valence-corrected chi connectivity index (χ1v) is 5.47. The lowest BCUT2D eigenvalue weighted by atomic mass is 10.1. The molecule has 3 N–H and O–H groups in total. The Kier molecular flexibility index (Phi) is 2.81. The van der Waals surface area contributed by atoms with Crippen LogP contribution in [-0.2, 0) is 0 Å². The van der Waals surface area contributed by atoms with Gasteiger partial charge in [-0.3, -0.25) is 4.79 Å². The monoisotopic (exact) mass is 222 g/mol. The molecule has 1 aromatic rings. The number of benzene rings is 1. The summed E-state index contributed by atoms with van der Waals surface area (Å²) in [5, 5.41) is 2.85. The van der Waals surface area contributed by atoms with Crippen LogP contribution < -0.4 is 11.1 Å². The zero-order chi connectivity index (χ0) is 11.7. The van der Waals surface area contributed by atoms with Crippen LogP contribution in [0, 0.1) is 11.7 Å². The van der Waals surface area contributed by atoms with Crippen LogP contribution in [0.15, 0.2) is 18.2 Å². The smallest absolute Gasteiger partial charge is 0.253 e. The van der Waals surface area contributed by atoms with E-state index in [1.54, 1.807) is 0 Å². The number of carbonyl (C=O) groups excluding carboxylic acids is 1. The van der Waals surface area contributed by atoms with Gasteiger partial charge in [0.05, 0.1) is 5.56 Å². The fourth-order valence-corrected chi connectivity index (χ4v) is 1.85. The largest absolute Gasteiger partial charge is 0.398 e. The Bertz CT molecular complexity index is 419. The van der Waals surface area contributed by atoms with Crippen molar-refractivity contribution in [3.05, 3.63) is 29.6 Å². The summed E-state index contributed by atoms with van der Waals surface area (Å²) in [7, 11) is 0. The predicted molar refractivity (Wildman–Crippen MR) is 60.5 cm³/mol. The predicted octanol–water partition coefficient (Wildman–Crippen LogP) is 1.94. The second-order valence-corrected chi connectivity index (χ2v) is 4.22. The summed E-state index contributed by atoms with van der Waals surface area (Å²) in [5.74, 6) is -0.154. The van der Waals surface area contributed by atoms with Crippen LogP contribution in [0.1, 0.15) is 30.1 Å². The van der Waals surface area contributed by atoms with Crippen LogP contribution in [0.3, 0.4) is 0 Å². The fraction of sp³-hybridized carbons (Fsp3) is 0.417. The highest BCUT2D eigenvalue weighted by atomic mass is 19.1. The maximum Gasteiger partial charge on any atom is 0.253 e. The highest BCUT2D eigenvalue weighted by Crippen LogP contribution is 2.33. The SMILES string of the molecule is CCC1CC1NC(=O)c1cc(F)ccc1N. The number of nitrogen functional groups attached to an aromatic ring is 1. The zero-order valence-corrected chi connectivity index (χ0v) is 9.16. The van der Waals surface area contributed by atoms with Crippen molar-refractivity contribution in [2.45, 2.75) is 25.8 Å². The van der Waals surface area contributed by atoms with E-state index >= 15 is 0 Å². The molecule has 2 atom stereocenters. The topological polar surface area (TPSA) is 55.1 Å². The van der Waals surface area contributed by atoms with E-state index in [2.05, 4.69) is 12.2 Å². The van der Waals surface area contributed by atoms with Gasteiger partial charge in [-0.1, -0.05) is 13.3 Å². The molecule has 1 saturated carbocycles. The normalized spacial score (nSPS) is 22.9. The minimum atomic E-state index is -0.442. The van der Waals surface area contributed by atoms with Gasteiger partial charge in [0.15, 0.2) is 0 Å². The van der Waals surface area contributed by atoms with Crippen molar-refractivity contribution in [3.8, 4) is 0 Å². The molecule has 2 rings (SSSR count). The Labute approximate surface area is 93.8 Å². The van der Waals surface area contributed by atoms with Crippen molar-refractivity contribution < 1.29 is 9.18 Å². The van der Waals surface area contributed by atoms with Crippen LogP contribution in [-0.4, -0.2) is 11.9 Å². The Morgan fingerprint density at radius 2 is 2.38 bits per heavy atom. The van der Waals surface area contributed by atoms with E-state index in [0.29, 0.717) is 11.6 Å². The van der Waals surface area contributed by atoms with E-state index in [4.69, 9.17) is 5.73 Å². The van der Waals surface area contributed by atoms with Gasteiger partial charge < -0.3 is 11.1 Å². The molecule has 1 aromatic carbocycles. The summed E-state index contributed by atoms with van der Waals surface area (Å²) in [4.78, 5) is 11.8. The molecule has 0 aromatic heterocycles. The van der Waals surface area contributed by atoms with Crippen molar-refractivity contribution in [3.63, 3.8) is 0 Å². The fourth-order valence-electron chi connectivity index (χ4n) is 1.85. The van der Waals surface area contributed by atoms with Gasteiger partial charge in [-0.05, 0) is 30.5 Å². The lowest BCUT2D eigenvalue weighted by Gasteiger charge is -2.06. The maximum atomic E-state index is 13.0. The first-order chi connectivity index (χ1) is 7.61. The first-order valence-electron chi connectivity index (χ1n) is 5.47. The highest BCUT2D eigenvalue weighted by Gasteiger charge is 2.36. The number of hydrogen-bond acceptors (Lipinski definition) is 2. The number of carbonyl (C=O) groups is 1. The van der Waals surface area contributed by atoms with E-state index in [-0.39, 0.29) is 17.5 Å². The molecule has 0 heterocycles. The minimum absolute atomic E-state index is 0.224.